The van der Waals surface area contributed by atoms with Crippen molar-refractivity contribution in [1.29, 1.82) is 0 Å². The molecule has 0 spiro atoms. The summed E-state index contributed by atoms with van der Waals surface area (Å²) >= 11 is 6.19. The van der Waals surface area contributed by atoms with Gasteiger partial charge in [-0.25, -0.2) is 4.98 Å². The van der Waals surface area contributed by atoms with E-state index in [1.54, 1.807) is 12.3 Å². The van der Waals surface area contributed by atoms with Crippen LogP contribution in [0.2, 0.25) is 5.02 Å². The van der Waals surface area contributed by atoms with Crippen LogP contribution in [-0.2, 0) is 0 Å². The molecular weight excluding hydrogens is 362 g/mol. The molecule has 0 aliphatic carbocycles. The maximum Gasteiger partial charge on any atom is 0.205 e. The van der Waals surface area contributed by atoms with Gasteiger partial charge in [0.2, 0.25) is 5.95 Å². The molecule has 0 aliphatic heterocycles. The maximum atomic E-state index is 6.19. The number of aromatic amines is 2. The molecule has 0 amide bonds. The fourth-order valence-corrected chi connectivity index (χ4v) is 3.15. The second-order valence-corrected chi connectivity index (χ2v) is 6.43. The van der Waals surface area contributed by atoms with Crippen molar-refractivity contribution >= 4 is 45.3 Å². The minimum absolute atomic E-state index is 0.615. The number of imidazole rings is 1. The highest BCUT2D eigenvalue weighted by Gasteiger charge is 2.10. The molecule has 0 radical (unpaired) electrons. The van der Waals surface area contributed by atoms with E-state index in [1.807, 2.05) is 54.7 Å². The number of nitrogens with one attached hydrogen (secondary N) is 3. The van der Waals surface area contributed by atoms with E-state index in [9.17, 15) is 0 Å². The van der Waals surface area contributed by atoms with Gasteiger partial charge in [-0.05, 0) is 30.3 Å². The molecule has 5 rings (SSSR count). The van der Waals surface area contributed by atoms with E-state index >= 15 is 0 Å². The van der Waals surface area contributed by atoms with Crippen LogP contribution in [-0.4, -0.2) is 19.9 Å². The zero-order valence-electron chi connectivity index (χ0n) is 14.0. The number of para-hydroxylation sites is 1. The number of aromatic nitrogens is 4. The molecule has 132 valence electrons. The van der Waals surface area contributed by atoms with Crippen molar-refractivity contribution in [2.45, 2.75) is 0 Å². The average Bonchev–Trinajstić information content (AvgIpc) is 3.27. The third-order valence-electron chi connectivity index (χ3n) is 4.20. The van der Waals surface area contributed by atoms with E-state index in [1.165, 1.54) is 0 Å². The predicted molar refractivity (Wildman–Crippen MR) is 107 cm³/mol. The molecule has 0 unspecified atom stereocenters. The number of nitrogens with zero attached hydrogens (tertiary/aromatic N) is 2. The largest absolute Gasteiger partial charge is 0.457 e. The first-order valence-electron chi connectivity index (χ1n) is 8.37. The van der Waals surface area contributed by atoms with Gasteiger partial charge in [-0.3, -0.25) is 4.98 Å². The summed E-state index contributed by atoms with van der Waals surface area (Å²) < 4.78 is 5.87. The van der Waals surface area contributed by atoms with E-state index < -0.39 is 0 Å². The Bertz CT molecular complexity index is 1250. The molecule has 3 heterocycles. The summed E-state index contributed by atoms with van der Waals surface area (Å²) in [5, 5.41) is 3.88. The van der Waals surface area contributed by atoms with Gasteiger partial charge in [-0.15, -0.1) is 0 Å². The molecule has 3 aromatic heterocycles. The predicted octanol–water partition coefficient (Wildman–Crippen LogP) is 5.63. The number of benzene rings is 2. The lowest BCUT2D eigenvalue weighted by atomic mass is 10.3. The number of H-pyrrole nitrogens is 2. The van der Waals surface area contributed by atoms with Crippen molar-refractivity contribution in [1.82, 2.24) is 19.9 Å². The zero-order chi connectivity index (χ0) is 18.2. The van der Waals surface area contributed by atoms with Crippen LogP contribution in [0.15, 0.2) is 67.0 Å². The molecule has 0 atom stereocenters. The van der Waals surface area contributed by atoms with Gasteiger partial charge in [-0.2, -0.15) is 0 Å². The van der Waals surface area contributed by atoms with E-state index in [-0.39, 0.29) is 0 Å². The van der Waals surface area contributed by atoms with Crippen LogP contribution >= 0.6 is 11.6 Å². The molecule has 6 nitrogen and oxygen atoms in total. The third-order valence-corrected chi connectivity index (χ3v) is 4.52. The zero-order valence-corrected chi connectivity index (χ0v) is 14.8. The number of hydrogen-bond acceptors (Lipinski definition) is 4. The van der Waals surface area contributed by atoms with Crippen molar-refractivity contribution in [3.8, 4) is 11.5 Å². The first-order valence-corrected chi connectivity index (χ1v) is 8.75. The standard InChI is InChI=1S/C20H14ClN5O/c21-14-8-9-22-19-17(11-23-18(14)19)26-20-24-15-7-6-13(10-16(15)25-20)27-12-4-2-1-3-5-12/h1-11,23H,(H2,24,25,26). The van der Waals surface area contributed by atoms with Gasteiger partial charge >= 0.3 is 0 Å². The SMILES string of the molecule is Clc1ccnc2c(Nc3nc4cc(Oc5ccccc5)ccc4[nH]3)c[nH]c12. The normalized spacial score (nSPS) is 11.1. The molecule has 2 aromatic carbocycles. The molecule has 5 aromatic rings. The summed E-state index contributed by atoms with van der Waals surface area (Å²) in [6, 6.07) is 17.1. The summed E-state index contributed by atoms with van der Waals surface area (Å²) in [6.07, 6.45) is 3.50. The first kappa shape index (κ1) is 15.7. The molecule has 3 N–H and O–H groups in total. The first-order chi connectivity index (χ1) is 13.3. The average molecular weight is 376 g/mol. The highest BCUT2D eigenvalue weighted by atomic mass is 35.5. The Morgan fingerprint density at radius 3 is 2.78 bits per heavy atom. The Balaban J connectivity index is 1.45. The minimum atomic E-state index is 0.615. The summed E-state index contributed by atoms with van der Waals surface area (Å²) in [6.45, 7) is 0. The lowest BCUT2D eigenvalue weighted by Crippen LogP contribution is -1.91. The van der Waals surface area contributed by atoms with Crippen LogP contribution in [0.3, 0.4) is 0 Å². The minimum Gasteiger partial charge on any atom is -0.457 e. The van der Waals surface area contributed by atoms with Crippen LogP contribution in [0.25, 0.3) is 22.1 Å². The van der Waals surface area contributed by atoms with Gasteiger partial charge in [0.05, 0.1) is 27.3 Å². The van der Waals surface area contributed by atoms with Gasteiger partial charge in [0.15, 0.2) is 0 Å². The van der Waals surface area contributed by atoms with Crippen molar-refractivity contribution in [3.63, 3.8) is 0 Å². The Hall–Kier alpha value is -3.51. The van der Waals surface area contributed by atoms with Crippen LogP contribution < -0.4 is 10.1 Å². The third kappa shape index (κ3) is 2.96. The van der Waals surface area contributed by atoms with Crippen LogP contribution in [0.1, 0.15) is 0 Å². The topological polar surface area (TPSA) is 78.6 Å². The van der Waals surface area contributed by atoms with Gasteiger partial charge < -0.3 is 20.0 Å². The Kier molecular flexibility index (Phi) is 3.69. The molecule has 0 saturated heterocycles. The van der Waals surface area contributed by atoms with Gasteiger partial charge in [0, 0.05) is 18.5 Å². The summed E-state index contributed by atoms with van der Waals surface area (Å²) in [5.41, 5.74) is 4.06. The Morgan fingerprint density at radius 1 is 1.00 bits per heavy atom. The monoisotopic (exact) mass is 375 g/mol. The molecule has 7 heteroatoms. The summed E-state index contributed by atoms with van der Waals surface area (Å²) in [5.74, 6) is 2.13. The molecule has 0 aliphatic rings. The van der Waals surface area contributed by atoms with E-state index in [2.05, 4.69) is 25.3 Å². The summed E-state index contributed by atoms with van der Waals surface area (Å²) in [4.78, 5) is 15.4. The van der Waals surface area contributed by atoms with E-state index in [4.69, 9.17) is 16.3 Å². The Labute approximate surface area is 159 Å². The number of anilines is 2. The van der Waals surface area contributed by atoms with Crippen molar-refractivity contribution in [3.05, 3.63) is 72.0 Å². The van der Waals surface area contributed by atoms with Gasteiger partial charge in [0.25, 0.3) is 0 Å². The number of fused-ring (bicyclic) bond motifs is 2. The fourth-order valence-electron chi connectivity index (χ4n) is 2.95. The highest BCUT2D eigenvalue weighted by molar-refractivity contribution is 6.35. The smallest absolute Gasteiger partial charge is 0.205 e. The van der Waals surface area contributed by atoms with Crippen molar-refractivity contribution in [2.75, 3.05) is 5.32 Å². The van der Waals surface area contributed by atoms with Crippen LogP contribution in [0.5, 0.6) is 11.5 Å². The molecule has 0 fully saturated rings. The number of hydrogen-bond donors (Lipinski definition) is 3. The van der Waals surface area contributed by atoms with Crippen molar-refractivity contribution < 1.29 is 4.74 Å². The highest BCUT2D eigenvalue weighted by Crippen LogP contribution is 2.30. The number of rotatable bonds is 4. The van der Waals surface area contributed by atoms with E-state index in [0.29, 0.717) is 11.0 Å². The molecule has 27 heavy (non-hydrogen) atoms. The maximum absolute atomic E-state index is 6.19. The fraction of sp³-hybridized carbons (Fsp3) is 0. The number of pyridine rings is 1. The lowest BCUT2D eigenvalue weighted by molar-refractivity contribution is 0.483. The van der Waals surface area contributed by atoms with Crippen LogP contribution in [0, 0.1) is 0 Å². The molecule has 0 saturated carbocycles. The summed E-state index contributed by atoms with van der Waals surface area (Å²) in [7, 11) is 0. The second kappa shape index (κ2) is 6.34. The molecular formula is C20H14ClN5O. The lowest BCUT2D eigenvalue weighted by Gasteiger charge is -2.04. The number of ether oxygens (including phenoxy) is 1. The number of halogens is 1. The van der Waals surface area contributed by atoms with Crippen molar-refractivity contribution in [2.24, 2.45) is 0 Å². The molecule has 0 bridgehead atoms. The quantitative estimate of drug-likeness (QED) is 0.380. The van der Waals surface area contributed by atoms with Crippen LogP contribution in [0.4, 0.5) is 11.6 Å². The van der Waals surface area contributed by atoms with E-state index in [0.717, 1.165) is 39.3 Å². The second-order valence-electron chi connectivity index (χ2n) is 6.02. The van der Waals surface area contributed by atoms with Gasteiger partial charge in [-0.1, -0.05) is 29.8 Å². The van der Waals surface area contributed by atoms with Gasteiger partial charge in [0.1, 0.15) is 17.0 Å². The Morgan fingerprint density at radius 2 is 1.89 bits per heavy atom.